The first-order valence-electron chi connectivity index (χ1n) is 8.40. The van der Waals surface area contributed by atoms with Gasteiger partial charge in [-0.2, -0.15) is 0 Å². The minimum absolute atomic E-state index is 0.516. The molecule has 0 aliphatic carbocycles. The molecule has 23 heavy (non-hydrogen) atoms. The van der Waals surface area contributed by atoms with E-state index in [4.69, 9.17) is 9.72 Å². The Kier molecular flexibility index (Phi) is 4.02. The van der Waals surface area contributed by atoms with Crippen LogP contribution in [0.2, 0.25) is 0 Å². The molecule has 120 valence electrons. The largest absolute Gasteiger partial charge is 0.372 e. The molecule has 2 atom stereocenters. The van der Waals surface area contributed by atoms with Crippen molar-refractivity contribution < 1.29 is 4.74 Å². The highest BCUT2D eigenvalue weighted by Gasteiger charge is 2.36. The van der Waals surface area contributed by atoms with Crippen LogP contribution in [0.1, 0.15) is 23.6 Å². The van der Waals surface area contributed by atoms with Crippen LogP contribution in [0, 0.1) is 0 Å². The number of ether oxygens (including phenoxy) is 1. The molecule has 1 fully saturated rings. The highest BCUT2D eigenvalue weighted by atomic mass is 16.5. The van der Waals surface area contributed by atoms with Crippen LogP contribution in [0.25, 0.3) is 0 Å². The van der Waals surface area contributed by atoms with E-state index >= 15 is 0 Å². The molecule has 0 saturated carbocycles. The Morgan fingerprint density at radius 3 is 2.87 bits per heavy atom. The van der Waals surface area contributed by atoms with Gasteiger partial charge in [0.25, 0.3) is 0 Å². The summed E-state index contributed by atoms with van der Waals surface area (Å²) in [4.78, 5) is 7.22. The second-order valence-electron chi connectivity index (χ2n) is 6.58. The number of anilines is 1. The van der Waals surface area contributed by atoms with E-state index in [0.717, 1.165) is 19.5 Å². The lowest BCUT2D eigenvalue weighted by Crippen LogP contribution is -2.55. The second kappa shape index (κ2) is 6.30. The number of aromatic nitrogens is 1. The van der Waals surface area contributed by atoms with E-state index in [0.29, 0.717) is 25.3 Å². The molecule has 2 aliphatic heterocycles. The summed E-state index contributed by atoms with van der Waals surface area (Å²) in [6.45, 7) is 5.63. The minimum atomic E-state index is 0.516. The van der Waals surface area contributed by atoms with Crippen LogP contribution in [-0.2, 0) is 24.4 Å². The number of benzene rings is 1. The normalized spacial score (nSPS) is 22.7. The van der Waals surface area contributed by atoms with Gasteiger partial charge in [0.2, 0.25) is 0 Å². The van der Waals surface area contributed by atoms with Gasteiger partial charge < -0.3 is 15.0 Å². The standard InChI is InChI=1S/C19H23N3O/c1-14-9-20-11-18-8-17-7-16(10-21-19(17)22(14)18)13-23-12-15-5-3-2-4-6-15/h2-7,10,14,18,20H,8-9,11-13H2,1H3/t14?,18-/m1/s1. The number of pyridine rings is 1. The van der Waals surface area contributed by atoms with Crippen molar-refractivity contribution in [1.29, 1.82) is 0 Å². The maximum absolute atomic E-state index is 5.84. The van der Waals surface area contributed by atoms with E-state index in [-0.39, 0.29) is 0 Å². The van der Waals surface area contributed by atoms with Crippen LogP contribution in [0.15, 0.2) is 42.6 Å². The lowest BCUT2D eigenvalue weighted by Gasteiger charge is -2.37. The van der Waals surface area contributed by atoms with Crippen molar-refractivity contribution in [3.63, 3.8) is 0 Å². The molecule has 1 N–H and O–H groups in total. The molecule has 0 amide bonds. The smallest absolute Gasteiger partial charge is 0.132 e. The van der Waals surface area contributed by atoms with Crippen LogP contribution < -0.4 is 10.2 Å². The maximum atomic E-state index is 5.84. The van der Waals surface area contributed by atoms with Gasteiger partial charge in [-0.1, -0.05) is 30.3 Å². The molecule has 0 radical (unpaired) electrons. The number of hydrogen-bond acceptors (Lipinski definition) is 4. The van der Waals surface area contributed by atoms with Crippen LogP contribution in [0.4, 0.5) is 5.82 Å². The molecule has 4 rings (SSSR count). The molecular formula is C19H23N3O. The summed E-state index contributed by atoms with van der Waals surface area (Å²) in [6, 6.07) is 13.6. The highest BCUT2D eigenvalue weighted by molar-refractivity contribution is 5.56. The Morgan fingerprint density at radius 2 is 2.00 bits per heavy atom. The quantitative estimate of drug-likeness (QED) is 0.942. The molecule has 4 heteroatoms. The van der Waals surface area contributed by atoms with E-state index in [1.54, 1.807) is 0 Å². The first-order chi connectivity index (χ1) is 11.3. The zero-order chi connectivity index (χ0) is 15.6. The maximum Gasteiger partial charge on any atom is 0.132 e. The average Bonchev–Trinajstić information content (AvgIpc) is 2.95. The fourth-order valence-electron chi connectivity index (χ4n) is 3.70. The van der Waals surface area contributed by atoms with E-state index in [1.165, 1.54) is 22.5 Å². The fraction of sp³-hybridized carbons (Fsp3) is 0.421. The molecule has 1 aromatic heterocycles. The number of rotatable bonds is 4. The highest BCUT2D eigenvalue weighted by Crippen LogP contribution is 2.33. The topological polar surface area (TPSA) is 37.4 Å². The van der Waals surface area contributed by atoms with Crippen molar-refractivity contribution in [3.8, 4) is 0 Å². The van der Waals surface area contributed by atoms with Gasteiger partial charge in [0.15, 0.2) is 0 Å². The summed E-state index contributed by atoms with van der Waals surface area (Å²) in [7, 11) is 0. The minimum Gasteiger partial charge on any atom is -0.372 e. The lowest BCUT2D eigenvalue weighted by molar-refractivity contribution is 0.107. The van der Waals surface area contributed by atoms with E-state index in [9.17, 15) is 0 Å². The van der Waals surface area contributed by atoms with E-state index in [2.05, 4.69) is 35.3 Å². The molecule has 4 nitrogen and oxygen atoms in total. The molecule has 1 aromatic carbocycles. The first-order valence-corrected chi connectivity index (χ1v) is 8.40. The Bertz CT molecular complexity index is 674. The van der Waals surface area contributed by atoms with Gasteiger partial charge in [0.05, 0.1) is 13.2 Å². The molecule has 3 heterocycles. The number of nitrogens with zero attached hydrogens (tertiary/aromatic N) is 2. The number of nitrogens with one attached hydrogen (secondary N) is 1. The van der Waals surface area contributed by atoms with Gasteiger partial charge >= 0.3 is 0 Å². The summed E-state index contributed by atoms with van der Waals surface area (Å²) in [5, 5.41) is 3.51. The van der Waals surface area contributed by atoms with Gasteiger partial charge in [-0.15, -0.1) is 0 Å². The van der Waals surface area contributed by atoms with E-state index < -0.39 is 0 Å². The van der Waals surface area contributed by atoms with Gasteiger partial charge in [-0.3, -0.25) is 0 Å². The first kappa shape index (κ1) is 14.7. The van der Waals surface area contributed by atoms with Gasteiger partial charge in [-0.05, 0) is 36.1 Å². The predicted molar refractivity (Wildman–Crippen MR) is 91.5 cm³/mol. The molecule has 2 aromatic rings. The Labute approximate surface area is 137 Å². The second-order valence-corrected chi connectivity index (χ2v) is 6.58. The fourth-order valence-corrected chi connectivity index (χ4v) is 3.70. The summed E-state index contributed by atoms with van der Waals surface area (Å²) >= 11 is 0. The van der Waals surface area contributed by atoms with Gasteiger partial charge in [0.1, 0.15) is 5.82 Å². The molecule has 0 bridgehead atoms. The van der Waals surface area contributed by atoms with Crippen LogP contribution in [-0.4, -0.2) is 30.2 Å². The van der Waals surface area contributed by atoms with Crippen molar-refractivity contribution in [1.82, 2.24) is 10.3 Å². The number of fused-ring (bicyclic) bond motifs is 3. The Hall–Kier alpha value is -1.91. The Balaban J connectivity index is 1.42. The van der Waals surface area contributed by atoms with Crippen LogP contribution in [0.3, 0.4) is 0 Å². The zero-order valence-electron chi connectivity index (χ0n) is 13.5. The molecule has 1 saturated heterocycles. The third kappa shape index (κ3) is 2.96. The van der Waals surface area contributed by atoms with Crippen molar-refractivity contribution in [2.75, 3.05) is 18.0 Å². The Morgan fingerprint density at radius 1 is 1.17 bits per heavy atom. The van der Waals surface area contributed by atoms with Gasteiger partial charge in [0, 0.05) is 31.4 Å². The number of piperazine rings is 1. The molecule has 1 unspecified atom stereocenters. The van der Waals surface area contributed by atoms with Crippen molar-refractivity contribution in [3.05, 3.63) is 59.3 Å². The molecular weight excluding hydrogens is 286 g/mol. The average molecular weight is 309 g/mol. The van der Waals surface area contributed by atoms with Crippen molar-refractivity contribution >= 4 is 5.82 Å². The van der Waals surface area contributed by atoms with Crippen molar-refractivity contribution in [2.45, 2.75) is 38.6 Å². The predicted octanol–water partition coefficient (Wildman–Crippen LogP) is 2.52. The zero-order valence-corrected chi connectivity index (χ0v) is 13.5. The number of hydrogen-bond donors (Lipinski definition) is 1. The third-order valence-electron chi connectivity index (χ3n) is 4.77. The van der Waals surface area contributed by atoms with Crippen molar-refractivity contribution in [2.24, 2.45) is 0 Å². The SMILES string of the molecule is CC1CNC[C@H]2Cc3cc(COCc4ccccc4)cnc3N12. The summed E-state index contributed by atoms with van der Waals surface area (Å²) in [5.41, 5.74) is 3.74. The third-order valence-corrected chi connectivity index (χ3v) is 4.77. The van der Waals surface area contributed by atoms with E-state index in [1.807, 2.05) is 24.4 Å². The van der Waals surface area contributed by atoms with Crippen LogP contribution >= 0.6 is 0 Å². The van der Waals surface area contributed by atoms with Gasteiger partial charge in [-0.25, -0.2) is 4.98 Å². The monoisotopic (exact) mass is 309 g/mol. The summed E-state index contributed by atoms with van der Waals surface area (Å²) in [5.74, 6) is 1.18. The van der Waals surface area contributed by atoms with Crippen LogP contribution in [0.5, 0.6) is 0 Å². The summed E-state index contributed by atoms with van der Waals surface area (Å²) < 4.78 is 5.84. The molecule has 0 spiro atoms. The summed E-state index contributed by atoms with van der Waals surface area (Å²) in [6.07, 6.45) is 3.06. The molecule has 2 aliphatic rings. The lowest BCUT2D eigenvalue weighted by atomic mass is 10.1.